The van der Waals surface area contributed by atoms with Gasteiger partial charge in [0.05, 0.1) is 24.5 Å². The zero-order chi connectivity index (χ0) is 17.8. The van der Waals surface area contributed by atoms with E-state index in [1.54, 1.807) is 0 Å². The first-order valence-electron chi connectivity index (χ1n) is 9.45. The van der Waals surface area contributed by atoms with Crippen molar-refractivity contribution in [3.8, 4) is 0 Å². The fraction of sp³-hybridized carbons (Fsp3) is 0.429. The molecule has 0 aliphatic carbocycles. The Bertz CT molecular complexity index is 842. The van der Waals surface area contributed by atoms with Gasteiger partial charge < -0.3 is 9.72 Å². The predicted molar refractivity (Wildman–Crippen MR) is 102 cm³/mol. The van der Waals surface area contributed by atoms with Crippen LogP contribution in [-0.2, 0) is 24.2 Å². The number of ether oxygens (including phenoxy) is 1. The molecule has 4 rings (SSSR count). The van der Waals surface area contributed by atoms with E-state index < -0.39 is 0 Å². The number of benzene rings is 1. The SMILES string of the molecule is O=c1[nH]c(CCCN2CC=C(c3ccccc3)CC2)nc2c1COCC2. The molecule has 0 unspecified atom stereocenters. The van der Waals surface area contributed by atoms with Gasteiger partial charge in [-0.2, -0.15) is 0 Å². The van der Waals surface area contributed by atoms with Crippen LogP contribution in [0.4, 0.5) is 0 Å². The number of aromatic nitrogens is 2. The standard InChI is InChI=1S/C21H25N3O2/c25-21-18-15-26-14-10-19(18)22-20(23-21)7-4-11-24-12-8-17(9-13-24)16-5-2-1-3-6-16/h1-3,5-6,8H,4,7,9-15H2,(H,22,23,25). The van der Waals surface area contributed by atoms with Crippen molar-refractivity contribution in [2.45, 2.75) is 32.3 Å². The van der Waals surface area contributed by atoms with Gasteiger partial charge in [-0.1, -0.05) is 36.4 Å². The lowest BCUT2D eigenvalue weighted by Crippen LogP contribution is -2.30. The number of H-pyrrole nitrogens is 1. The fourth-order valence-electron chi connectivity index (χ4n) is 3.71. The molecule has 0 radical (unpaired) electrons. The molecule has 0 saturated heterocycles. The number of hydrogen-bond acceptors (Lipinski definition) is 4. The second-order valence-corrected chi connectivity index (χ2v) is 6.99. The van der Waals surface area contributed by atoms with Gasteiger partial charge in [-0.25, -0.2) is 4.98 Å². The Morgan fingerprint density at radius 2 is 2.08 bits per heavy atom. The summed E-state index contributed by atoms with van der Waals surface area (Å²) in [4.78, 5) is 22.2. The zero-order valence-electron chi connectivity index (χ0n) is 15.0. The molecule has 2 aromatic rings. The maximum absolute atomic E-state index is 12.1. The number of hydrogen-bond donors (Lipinski definition) is 1. The van der Waals surface area contributed by atoms with E-state index in [-0.39, 0.29) is 5.56 Å². The second kappa shape index (κ2) is 7.98. The highest BCUT2D eigenvalue weighted by atomic mass is 16.5. The highest BCUT2D eigenvalue weighted by molar-refractivity contribution is 5.66. The van der Waals surface area contributed by atoms with E-state index in [1.165, 1.54) is 11.1 Å². The average Bonchev–Trinajstić information content (AvgIpc) is 2.69. The van der Waals surface area contributed by atoms with Gasteiger partial charge in [-0.3, -0.25) is 9.69 Å². The van der Waals surface area contributed by atoms with Gasteiger partial charge in [-0.05, 0) is 30.5 Å². The van der Waals surface area contributed by atoms with E-state index in [9.17, 15) is 4.79 Å². The molecular weight excluding hydrogens is 326 g/mol. The van der Waals surface area contributed by atoms with Crippen molar-refractivity contribution in [2.24, 2.45) is 0 Å². The number of fused-ring (bicyclic) bond motifs is 1. The molecule has 2 aliphatic heterocycles. The van der Waals surface area contributed by atoms with Gasteiger partial charge >= 0.3 is 0 Å². The third-order valence-electron chi connectivity index (χ3n) is 5.21. The molecule has 26 heavy (non-hydrogen) atoms. The van der Waals surface area contributed by atoms with Crippen LogP contribution in [-0.4, -0.2) is 41.1 Å². The molecule has 5 nitrogen and oxygen atoms in total. The monoisotopic (exact) mass is 351 g/mol. The van der Waals surface area contributed by atoms with Gasteiger partial charge in [0.15, 0.2) is 0 Å². The summed E-state index contributed by atoms with van der Waals surface area (Å²) in [6, 6.07) is 10.6. The summed E-state index contributed by atoms with van der Waals surface area (Å²) in [5.74, 6) is 0.813. The molecule has 0 amide bonds. The summed E-state index contributed by atoms with van der Waals surface area (Å²) in [6.45, 7) is 4.17. The van der Waals surface area contributed by atoms with Gasteiger partial charge in [0.25, 0.3) is 5.56 Å². The number of aromatic amines is 1. The Kier molecular flexibility index (Phi) is 5.27. The maximum atomic E-state index is 12.1. The quantitative estimate of drug-likeness (QED) is 0.899. The van der Waals surface area contributed by atoms with Crippen molar-refractivity contribution >= 4 is 5.57 Å². The topological polar surface area (TPSA) is 58.2 Å². The molecule has 0 saturated carbocycles. The number of nitrogens with zero attached hydrogens (tertiary/aromatic N) is 2. The maximum Gasteiger partial charge on any atom is 0.256 e. The number of nitrogens with one attached hydrogen (secondary N) is 1. The fourth-order valence-corrected chi connectivity index (χ4v) is 3.71. The average molecular weight is 351 g/mol. The Morgan fingerprint density at radius 1 is 1.19 bits per heavy atom. The molecule has 1 aromatic heterocycles. The Balaban J connectivity index is 1.30. The molecule has 0 atom stereocenters. The summed E-state index contributed by atoms with van der Waals surface area (Å²) in [5, 5.41) is 0. The Hall–Kier alpha value is -2.24. The number of aryl methyl sites for hydroxylation is 1. The van der Waals surface area contributed by atoms with Crippen molar-refractivity contribution in [1.82, 2.24) is 14.9 Å². The lowest BCUT2D eigenvalue weighted by molar-refractivity contribution is 0.108. The molecule has 5 heteroatoms. The molecule has 0 bridgehead atoms. The normalized spacial score (nSPS) is 17.6. The van der Waals surface area contributed by atoms with Gasteiger partial charge in [0.2, 0.25) is 0 Å². The molecule has 1 aromatic carbocycles. The van der Waals surface area contributed by atoms with E-state index in [0.717, 1.165) is 56.8 Å². The minimum Gasteiger partial charge on any atom is -0.376 e. The third-order valence-corrected chi connectivity index (χ3v) is 5.21. The van der Waals surface area contributed by atoms with Gasteiger partial charge in [0.1, 0.15) is 5.82 Å². The smallest absolute Gasteiger partial charge is 0.256 e. The molecule has 0 spiro atoms. The molecular formula is C21H25N3O2. The van der Waals surface area contributed by atoms with E-state index in [0.29, 0.717) is 18.8 Å². The Morgan fingerprint density at radius 3 is 2.88 bits per heavy atom. The van der Waals surface area contributed by atoms with Gasteiger partial charge in [-0.15, -0.1) is 0 Å². The summed E-state index contributed by atoms with van der Waals surface area (Å²) in [5.41, 5.74) is 4.38. The van der Waals surface area contributed by atoms with E-state index in [4.69, 9.17) is 4.74 Å². The molecule has 1 N–H and O–H groups in total. The Labute approximate surface area is 153 Å². The lowest BCUT2D eigenvalue weighted by atomic mass is 9.99. The molecule has 0 fully saturated rings. The first-order valence-corrected chi connectivity index (χ1v) is 9.45. The van der Waals surface area contributed by atoms with Crippen molar-refractivity contribution in [2.75, 3.05) is 26.2 Å². The van der Waals surface area contributed by atoms with Crippen molar-refractivity contribution in [1.29, 1.82) is 0 Å². The van der Waals surface area contributed by atoms with Crippen LogP contribution in [0, 0.1) is 0 Å². The predicted octanol–water partition coefficient (Wildman–Crippen LogP) is 2.56. The third kappa shape index (κ3) is 3.94. The van der Waals surface area contributed by atoms with Crippen LogP contribution in [0.1, 0.15) is 35.5 Å². The first kappa shape index (κ1) is 17.2. The minimum absolute atomic E-state index is 0.0295. The largest absolute Gasteiger partial charge is 0.376 e. The van der Waals surface area contributed by atoms with E-state index >= 15 is 0 Å². The van der Waals surface area contributed by atoms with Crippen LogP contribution in [0.3, 0.4) is 0 Å². The minimum atomic E-state index is -0.0295. The summed E-state index contributed by atoms with van der Waals surface area (Å²) in [7, 11) is 0. The highest BCUT2D eigenvalue weighted by Crippen LogP contribution is 2.22. The van der Waals surface area contributed by atoms with Crippen LogP contribution < -0.4 is 5.56 Å². The van der Waals surface area contributed by atoms with Crippen LogP contribution in [0.2, 0.25) is 0 Å². The van der Waals surface area contributed by atoms with Gasteiger partial charge in [0, 0.05) is 25.9 Å². The van der Waals surface area contributed by atoms with Crippen molar-refractivity contribution < 1.29 is 4.74 Å². The second-order valence-electron chi connectivity index (χ2n) is 6.99. The highest BCUT2D eigenvalue weighted by Gasteiger charge is 2.16. The van der Waals surface area contributed by atoms with Crippen LogP contribution in [0.5, 0.6) is 0 Å². The van der Waals surface area contributed by atoms with Crippen LogP contribution in [0.15, 0.2) is 41.2 Å². The van der Waals surface area contributed by atoms with Crippen LogP contribution in [0.25, 0.3) is 5.57 Å². The summed E-state index contributed by atoms with van der Waals surface area (Å²) in [6.07, 6.45) is 6.00. The lowest BCUT2D eigenvalue weighted by Gasteiger charge is -2.26. The molecule has 3 heterocycles. The summed E-state index contributed by atoms with van der Waals surface area (Å²) >= 11 is 0. The van der Waals surface area contributed by atoms with E-state index in [2.05, 4.69) is 51.3 Å². The van der Waals surface area contributed by atoms with Crippen LogP contribution >= 0.6 is 0 Å². The molecule has 2 aliphatic rings. The summed E-state index contributed by atoms with van der Waals surface area (Å²) < 4.78 is 5.35. The van der Waals surface area contributed by atoms with E-state index in [1.807, 2.05) is 0 Å². The van der Waals surface area contributed by atoms with Crippen molar-refractivity contribution in [3.05, 3.63) is 69.4 Å². The zero-order valence-corrected chi connectivity index (χ0v) is 15.0. The number of rotatable bonds is 5. The first-order chi connectivity index (χ1) is 12.8. The molecule has 136 valence electrons. The van der Waals surface area contributed by atoms with Crippen molar-refractivity contribution in [3.63, 3.8) is 0 Å².